The summed E-state index contributed by atoms with van der Waals surface area (Å²) in [6, 6.07) is 16.6. The number of carbonyl (C=O) groups excluding carboxylic acids is 3. The third-order valence-corrected chi connectivity index (χ3v) is 5.90. The Kier molecular flexibility index (Phi) is 6.72. The third-order valence-electron chi connectivity index (χ3n) is 5.31. The Morgan fingerprint density at radius 2 is 1.74 bits per heavy atom. The first kappa shape index (κ1) is 23.5. The minimum Gasteiger partial charge on any atom is -0.488 e. The number of aryl methyl sites for hydroxylation is 2. The molecule has 1 N–H and O–H groups in total. The summed E-state index contributed by atoms with van der Waals surface area (Å²) >= 11 is 12.2. The number of barbiturate groups is 1. The largest absolute Gasteiger partial charge is 0.488 e. The maximum absolute atomic E-state index is 13.3. The minimum atomic E-state index is -0.791. The molecule has 4 amide bonds. The predicted molar refractivity (Wildman–Crippen MR) is 132 cm³/mol. The number of anilines is 1. The number of ether oxygens (including phenoxy) is 1. The summed E-state index contributed by atoms with van der Waals surface area (Å²) in [5.74, 6) is -1.04. The van der Waals surface area contributed by atoms with Crippen molar-refractivity contribution in [1.82, 2.24) is 5.32 Å². The van der Waals surface area contributed by atoms with Gasteiger partial charge < -0.3 is 4.74 Å². The van der Waals surface area contributed by atoms with E-state index in [1.54, 1.807) is 61.5 Å². The molecule has 34 heavy (non-hydrogen) atoms. The zero-order valence-corrected chi connectivity index (χ0v) is 19.9. The van der Waals surface area contributed by atoms with Gasteiger partial charge in [-0.25, -0.2) is 9.69 Å². The lowest BCUT2D eigenvalue weighted by molar-refractivity contribution is -0.122. The van der Waals surface area contributed by atoms with E-state index in [9.17, 15) is 14.4 Å². The van der Waals surface area contributed by atoms with Crippen LogP contribution in [0.2, 0.25) is 10.0 Å². The van der Waals surface area contributed by atoms with Crippen molar-refractivity contribution in [2.45, 2.75) is 20.5 Å². The van der Waals surface area contributed by atoms with Crippen molar-refractivity contribution in [3.05, 3.63) is 98.5 Å². The van der Waals surface area contributed by atoms with Crippen LogP contribution in [0.1, 0.15) is 22.3 Å². The molecule has 4 rings (SSSR count). The Labute approximate surface area is 206 Å². The van der Waals surface area contributed by atoms with Gasteiger partial charge in [0, 0.05) is 21.2 Å². The van der Waals surface area contributed by atoms with Gasteiger partial charge in [0.1, 0.15) is 17.9 Å². The number of amides is 4. The second-order valence-electron chi connectivity index (χ2n) is 7.81. The molecule has 1 fully saturated rings. The lowest BCUT2D eigenvalue weighted by Crippen LogP contribution is -2.54. The molecule has 0 spiro atoms. The molecule has 0 bridgehead atoms. The number of urea groups is 1. The molecule has 0 saturated carbocycles. The van der Waals surface area contributed by atoms with Crippen LogP contribution in [0.5, 0.6) is 5.75 Å². The summed E-state index contributed by atoms with van der Waals surface area (Å²) in [6.45, 7) is 3.87. The van der Waals surface area contributed by atoms with Crippen molar-refractivity contribution in [3.63, 3.8) is 0 Å². The van der Waals surface area contributed by atoms with Crippen molar-refractivity contribution in [1.29, 1.82) is 0 Å². The molecule has 3 aromatic carbocycles. The van der Waals surface area contributed by atoms with Gasteiger partial charge in [-0.3, -0.25) is 14.9 Å². The fourth-order valence-corrected chi connectivity index (χ4v) is 4.08. The second kappa shape index (κ2) is 9.71. The fourth-order valence-electron chi connectivity index (χ4n) is 3.61. The number of hydrogen-bond acceptors (Lipinski definition) is 4. The van der Waals surface area contributed by atoms with Gasteiger partial charge in [0.25, 0.3) is 11.8 Å². The molecule has 1 aliphatic rings. The Morgan fingerprint density at radius 1 is 0.971 bits per heavy atom. The molecule has 1 saturated heterocycles. The van der Waals surface area contributed by atoms with Crippen molar-refractivity contribution < 1.29 is 19.1 Å². The minimum absolute atomic E-state index is 0.156. The molecule has 1 aliphatic heterocycles. The van der Waals surface area contributed by atoms with Crippen LogP contribution in [0, 0.1) is 13.8 Å². The summed E-state index contributed by atoms with van der Waals surface area (Å²) in [7, 11) is 0. The summed E-state index contributed by atoms with van der Waals surface area (Å²) in [4.78, 5) is 39.3. The first-order chi connectivity index (χ1) is 16.2. The molecular formula is C26H20Cl2N2O4. The van der Waals surface area contributed by atoms with Gasteiger partial charge in [-0.1, -0.05) is 65.2 Å². The normalized spacial score (nSPS) is 15.0. The molecule has 0 unspecified atom stereocenters. The molecule has 3 aromatic rings. The van der Waals surface area contributed by atoms with E-state index in [2.05, 4.69) is 5.32 Å². The second-order valence-corrected chi connectivity index (χ2v) is 8.65. The lowest BCUT2D eigenvalue weighted by atomic mass is 10.0. The number of hydrogen-bond donors (Lipinski definition) is 1. The smallest absolute Gasteiger partial charge is 0.335 e. The van der Waals surface area contributed by atoms with Crippen LogP contribution in [0.4, 0.5) is 10.5 Å². The van der Waals surface area contributed by atoms with E-state index >= 15 is 0 Å². The molecule has 0 aromatic heterocycles. The number of halogens is 2. The molecule has 1 heterocycles. The number of nitrogens with zero attached hydrogens (tertiary/aromatic N) is 1. The molecule has 172 valence electrons. The van der Waals surface area contributed by atoms with Crippen molar-refractivity contribution >= 4 is 52.8 Å². The topological polar surface area (TPSA) is 75.7 Å². The summed E-state index contributed by atoms with van der Waals surface area (Å²) in [6.07, 6.45) is 1.42. The SMILES string of the molecule is Cc1ccc(N2C(=O)NC(=O)/C(=C\c3ccccc3OCc3ccc(Cl)cc3Cl)C2=O)c(C)c1. The van der Waals surface area contributed by atoms with E-state index in [0.29, 0.717) is 27.0 Å². The number of nitrogens with one attached hydrogen (secondary N) is 1. The predicted octanol–water partition coefficient (Wildman–Crippen LogP) is 5.86. The Hall–Kier alpha value is -3.61. The van der Waals surface area contributed by atoms with E-state index in [-0.39, 0.29) is 12.2 Å². The molecule has 6 nitrogen and oxygen atoms in total. The summed E-state index contributed by atoms with van der Waals surface area (Å²) in [5.41, 5.74) is 3.19. The van der Waals surface area contributed by atoms with Gasteiger partial charge in [-0.05, 0) is 49.8 Å². The maximum atomic E-state index is 13.3. The van der Waals surface area contributed by atoms with E-state index in [4.69, 9.17) is 27.9 Å². The number of para-hydroxylation sites is 1. The van der Waals surface area contributed by atoms with Gasteiger partial charge in [-0.2, -0.15) is 0 Å². The highest BCUT2D eigenvalue weighted by molar-refractivity contribution is 6.39. The van der Waals surface area contributed by atoms with E-state index in [1.165, 1.54) is 6.08 Å². The first-order valence-electron chi connectivity index (χ1n) is 10.4. The van der Waals surface area contributed by atoms with Gasteiger partial charge in [0.2, 0.25) is 0 Å². The fraction of sp³-hybridized carbons (Fsp3) is 0.115. The zero-order valence-electron chi connectivity index (χ0n) is 18.4. The molecule has 0 aliphatic carbocycles. The molecule has 8 heteroatoms. The lowest BCUT2D eigenvalue weighted by Gasteiger charge is -2.27. The standard InChI is InChI=1S/C26H20Cl2N2O4/c1-15-7-10-22(16(2)11-15)30-25(32)20(24(31)29-26(30)33)12-17-5-3-4-6-23(17)34-14-18-8-9-19(27)13-21(18)28/h3-13H,14H2,1-2H3,(H,29,31,33)/b20-12+. The van der Waals surface area contributed by atoms with Crippen molar-refractivity contribution in [3.8, 4) is 5.75 Å². The summed E-state index contributed by atoms with van der Waals surface area (Å²) < 4.78 is 5.93. The number of carbonyl (C=O) groups is 3. The maximum Gasteiger partial charge on any atom is 0.335 e. The van der Waals surface area contributed by atoms with Crippen LogP contribution >= 0.6 is 23.2 Å². The average molecular weight is 495 g/mol. The van der Waals surface area contributed by atoms with Gasteiger partial charge >= 0.3 is 6.03 Å². The Morgan fingerprint density at radius 3 is 2.47 bits per heavy atom. The van der Waals surface area contributed by atoms with Gasteiger partial charge in [0.05, 0.1) is 5.69 Å². The third kappa shape index (κ3) is 4.83. The zero-order chi connectivity index (χ0) is 24.4. The highest BCUT2D eigenvalue weighted by atomic mass is 35.5. The van der Waals surface area contributed by atoms with Gasteiger partial charge in [0.15, 0.2) is 0 Å². The number of imide groups is 2. The number of benzene rings is 3. The molecule has 0 atom stereocenters. The van der Waals surface area contributed by atoms with Crippen LogP contribution in [-0.4, -0.2) is 17.8 Å². The van der Waals surface area contributed by atoms with Crippen LogP contribution in [0.15, 0.2) is 66.2 Å². The highest BCUT2D eigenvalue weighted by Crippen LogP contribution is 2.29. The molecule has 0 radical (unpaired) electrons. The average Bonchev–Trinajstić information content (AvgIpc) is 2.78. The summed E-state index contributed by atoms with van der Waals surface area (Å²) in [5, 5.41) is 3.23. The van der Waals surface area contributed by atoms with Crippen LogP contribution in [-0.2, 0) is 16.2 Å². The van der Waals surface area contributed by atoms with Crippen LogP contribution in [0.3, 0.4) is 0 Å². The van der Waals surface area contributed by atoms with Crippen molar-refractivity contribution in [2.24, 2.45) is 0 Å². The molecular weight excluding hydrogens is 475 g/mol. The number of rotatable bonds is 5. The Bertz CT molecular complexity index is 1350. The highest BCUT2D eigenvalue weighted by Gasteiger charge is 2.37. The van der Waals surface area contributed by atoms with Crippen LogP contribution in [0.25, 0.3) is 6.08 Å². The quantitative estimate of drug-likeness (QED) is 0.356. The van der Waals surface area contributed by atoms with E-state index in [0.717, 1.165) is 21.6 Å². The van der Waals surface area contributed by atoms with E-state index in [1.807, 2.05) is 13.0 Å². The van der Waals surface area contributed by atoms with Crippen LogP contribution < -0.4 is 15.0 Å². The van der Waals surface area contributed by atoms with Gasteiger partial charge in [-0.15, -0.1) is 0 Å². The Balaban J connectivity index is 1.66. The first-order valence-corrected chi connectivity index (χ1v) is 11.1. The van der Waals surface area contributed by atoms with Crippen molar-refractivity contribution in [2.75, 3.05) is 4.90 Å². The van der Waals surface area contributed by atoms with E-state index < -0.39 is 17.8 Å². The monoisotopic (exact) mass is 494 g/mol.